The number of hydrogen-bond donors (Lipinski definition) is 0. The van der Waals surface area contributed by atoms with Gasteiger partial charge in [-0.3, -0.25) is 4.79 Å². The number of fused-ring (bicyclic) bond motifs is 1. The molecule has 4 heteroatoms. The van der Waals surface area contributed by atoms with Crippen molar-refractivity contribution in [3.63, 3.8) is 0 Å². The Hall–Kier alpha value is -1.77. The largest absolute Gasteiger partial charge is 0.488 e. The van der Waals surface area contributed by atoms with E-state index in [-0.39, 0.29) is 12.4 Å². The van der Waals surface area contributed by atoms with Crippen LogP contribution in [0.4, 0.5) is 0 Å². The average Bonchev–Trinajstić information content (AvgIpc) is 2.45. The van der Waals surface area contributed by atoms with Crippen molar-refractivity contribution in [2.24, 2.45) is 0 Å². The summed E-state index contributed by atoms with van der Waals surface area (Å²) in [6.07, 6.45) is 1.70. The second-order valence-corrected chi connectivity index (χ2v) is 5.23. The lowest BCUT2D eigenvalue weighted by atomic mass is 9.98. The van der Waals surface area contributed by atoms with Gasteiger partial charge in [0.2, 0.25) is 0 Å². The predicted octanol–water partition coefficient (Wildman–Crippen LogP) is 4.65. The van der Waals surface area contributed by atoms with Crippen molar-refractivity contribution in [3.8, 4) is 5.75 Å². The molecule has 0 bridgehead atoms. The van der Waals surface area contributed by atoms with Crippen LogP contribution < -0.4 is 4.74 Å². The van der Waals surface area contributed by atoms with Gasteiger partial charge in [0.15, 0.2) is 5.78 Å². The van der Waals surface area contributed by atoms with Crippen molar-refractivity contribution in [1.29, 1.82) is 0 Å². The molecule has 0 saturated carbocycles. The van der Waals surface area contributed by atoms with Crippen LogP contribution >= 0.6 is 23.2 Å². The topological polar surface area (TPSA) is 26.3 Å². The van der Waals surface area contributed by atoms with E-state index in [9.17, 15) is 4.79 Å². The van der Waals surface area contributed by atoms with Gasteiger partial charge in [-0.15, -0.1) is 0 Å². The lowest BCUT2D eigenvalue weighted by Gasteiger charge is -2.18. The number of ether oxygens (including phenoxy) is 1. The monoisotopic (exact) mass is 304 g/mol. The van der Waals surface area contributed by atoms with Gasteiger partial charge in [0.1, 0.15) is 12.4 Å². The van der Waals surface area contributed by atoms with E-state index < -0.39 is 0 Å². The lowest BCUT2D eigenvalue weighted by molar-refractivity contribution is 0.100. The zero-order valence-corrected chi connectivity index (χ0v) is 11.9. The molecule has 3 rings (SSSR count). The highest BCUT2D eigenvalue weighted by molar-refractivity contribution is 6.37. The molecular formula is C16H10Cl2O2. The van der Waals surface area contributed by atoms with E-state index in [1.807, 2.05) is 12.1 Å². The molecule has 0 aliphatic carbocycles. The van der Waals surface area contributed by atoms with Gasteiger partial charge in [0.25, 0.3) is 0 Å². The van der Waals surface area contributed by atoms with Gasteiger partial charge in [0.05, 0.1) is 5.56 Å². The summed E-state index contributed by atoms with van der Waals surface area (Å²) in [4.78, 5) is 12.4. The zero-order valence-electron chi connectivity index (χ0n) is 10.4. The van der Waals surface area contributed by atoms with E-state index in [4.69, 9.17) is 27.9 Å². The molecule has 0 spiro atoms. The van der Waals surface area contributed by atoms with Crippen molar-refractivity contribution in [1.82, 2.24) is 0 Å². The van der Waals surface area contributed by atoms with Gasteiger partial charge in [-0.2, -0.15) is 0 Å². The van der Waals surface area contributed by atoms with Crippen LogP contribution in [0.15, 0.2) is 48.0 Å². The maximum atomic E-state index is 12.4. The quantitative estimate of drug-likeness (QED) is 0.717. The second kappa shape index (κ2) is 5.31. The Labute approximate surface area is 126 Å². The maximum absolute atomic E-state index is 12.4. The summed E-state index contributed by atoms with van der Waals surface area (Å²) < 4.78 is 5.58. The van der Waals surface area contributed by atoms with Gasteiger partial charge in [-0.25, -0.2) is 0 Å². The summed E-state index contributed by atoms with van der Waals surface area (Å²) in [6, 6.07) is 12.4. The molecule has 0 saturated heterocycles. The molecule has 2 aromatic rings. The van der Waals surface area contributed by atoms with Gasteiger partial charge in [-0.05, 0) is 30.3 Å². The van der Waals surface area contributed by atoms with Crippen LogP contribution in [0.2, 0.25) is 10.0 Å². The molecule has 0 N–H and O–H groups in total. The van der Waals surface area contributed by atoms with Crippen molar-refractivity contribution in [2.75, 3.05) is 6.61 Å². The lowest BCUT2D eigenvalue weighted by Crippen LogP contribution is -2.18. The minimum Gasteiger partial charge on any atom is -0.488 e. The van der Waals surface area contributed by atoms with E-state index in [0.717, 1.165) is 0 Å². The summed E-state index contributed by atoms with van der Waals surface area (Å²) in [7, 11) is 0. The highest BCUT2D eigenvalue weighted by Gasteiger charge is 2.23. The number of Topliss-reactive ketones (excluding diaryl/α,β-unsaturated/α-hetero) is 1. The fourth-order valence-corrected chi connectivity index (χ4v) is 2.61. The highest BCUT2D eigenvalue weighted by Crippen LogP contribution is 2.31. The van der Waals surface area contributed by atoms with Crippen LogP contribution in [-0.2, 0) is 0 Å². The number of para-hydroxylation sites is 1. The Morgan fingerprint density at radius 3 is 2.45 bits per heavy atom. The second-order valence-electron chi connectivity index (χ2n) is 4.42. The Balaban J connectivity index is 2.05. The number of ketones is 1. The molecular weight excluding hydrogens is 295 g/mol. The fraction of sp³-hybridized carbons (Fsp3) is 0.0625. The minimum atomic E-state index is -0.0529. The SMILES string of the molecule is O=C1/C(=C\c2c(Cl)cccc2Cl)COc2ccccc21. The van der Waals surface area contributed by atoms with Crippen LogP contribution in [0, 0.1) is 0 Å². The van der Waals surface area contributed by atoms with E-state index >= 15 is 0 Å². The molecule has 2 nitrogen and oxygen atoms in total. The first kappa shape index (κ1) is 13.2. The van der Waals surface area contributed by atoms with Gasteiger partial charge in [-0.1, -0.05) is 41.4 Å². The Kier molecular flexibility index (Phi) is 3.51. The molecule has 0 unspecified atom stereocenters. The molecule has 1 aliphatic rings. The summed E-state index contributed by atoms with van der Waals surface area (Å²) in [5.74, 6) is 0.558. The van der Waals surface area contributed by atoms with Crippen molar-refractivity contribution < 1.29 is 9.53 Å². The van der Waals surface area contributed by atoms with Crippen molar-refractivity contribution in [3.05, 3.63) is 69.2 Å². The predicted molar refractivity (Wildman–Crippen MR) is 80.7 cm³/mol. The Morgan fingerprint density at radius 1 is 1.00 bits per heavy atom. The average molecular weight is 305 g/mol. The molecule has 100 valence electrons. The molecule has 0 atom stereocenters. The molecule has 1 heterocycles. The van der Waals surface area contributed by atoms with E-state index in [0.29, 0.717) is 32.5 Å². The number of hydrogen-bond acceptors (Lipinski definition) is 2. The summed E-state index contributed by atoms with van der Waals surface area (Å²) in [5.41, 5.74) is 1.74. The standard InChI is InChI=1S/C16H10Cl2O2/c17-13-5-3-6-14(18)12(13)8-10-9-20-15-7-2-1-4-11(15)16(10)19/h1-8H,9H2/b10-8-. The van der Waals surface area contributed by atoms with Crippen LogP contribution in [0.5, 0.6) is 5.75 Å². The summed E-state index contributed by atoms with van der Waals surface area (Å²) in [5, 5.41) is 1.02. The first-order valence-electron chi connectivity index (χ1n) is 6.08. The Bertz CT molecular complexity index is 700. The van der Waals surface area contributed by atoms with E-state index in [1.165, 1.54) is 0 Å². The van der Waals surface area contributed by atoms with Gasteiger partial charge >= 0.3 is 0 Å². The normalized spacial score (nSPS) is 15.9. The number of carbonyl (C=O) groups excluding carboxylic acids is 1. The van der Waals surface area contributed by atoms with Crippen LogP contribution in [0.1, 0.15) is 15.9 Å². The number of carbonyl (C=O) groups is 1. The number of benzene rings is 2. The molecule has 0 radical (unpaired) electrons. The zero-order chi connectivity index (χ0) is 14.1. The molecule has 1 aliphatic heterocycles. The van der Waals surface area contributed by atoms with Crippen molar-refractivity contribution in [2.45, 2.75) is 0 Å². The smallest absolute Gasteiger partial charge is 0.196 e. The van der Waals surface area contributed by atoms with Crippen LogP contribution in [0.25, 0.3) is 6.08 Å². The molecule has 0 fully saturated rings. The number of halogens is 2. The third kappa shape index (κ3) is 2.33. The molecule has 0 aromatic heterocycles. The minimum absolute atomic E-state index is 0.0529. The molecule has 20 heavy (non-hydrogen) atoms. The fourth-order valence-electron chi connectivity index (χ4n) is 2.10. The van der Waals surface area contributed by atoms with Crippen molar-refractivity contribution >= 4 is 35.1 Å². The maximum Gasteiger partial charge on any atom is 0.196 e. The first-order chi connectivity index (χ1) is 9.66. The molecule has 0 amide bonds. The van der Waals surface area contributed by atoms with Crippen LogP contribution in [-0.4, -0.2) is 12.4 Å². The van der Waals surface area contributed by atoms with Gasteiger partial charge in [0, 0.05) is 21.2 Å². The third-order valence-corrected chi connectivity index (χ3v) is 3.78. The van der Waals surface area contributed by atoms with Crippen LogP contribution in [0.3, 0.4) is 0 Å². The molecule has 2 aromatic carbocycles. The first-order valence-corrected chi connectivity index (χ1v) is 6.83. The highest BCUT2D eigenvalue weighted by atomic mass is 35.5. The Morgan fingerprint density at radius 2 is 1.70 bits per heavy atom. The van der Waals surface area contributed by atoms with E-state index in [2.05, 4.69) is 0 Å². The summed E-state index contributed by atoms with van der Waals surface area (Å²) >= 11 is 12.2. The van der Waals surface area contributed by atoms with E-state index in [1.54, 1.807) is 36.4 Å². The van der Waals surface area contributed by atoms with Gasteiger partial charge < -0.3 is 4.74 Å². The third-order valence-electron chi connectivity index (χ3n) is 3.12. The number of rotatable bonds is 1. The summed E-state index contributed by atoms with van der Waals surface area (Å²) in [6.45, 7) is 0.220.